The van der Waals surface area contributed by atoms with Gasteiger partial charge in [-0.05, 0) is 42.7 Å². The van der Waals surface area contributed by atoms with E-state index in [-0.39, 0.29) is 0 Å². The minimum atomic E-state index is -0.712. The van der Waals surface area contributed by atoms with Gasteiger partial charge in [-0.15, -0.1) is 0 Å². The molecule has 0 radical (unpaired) electrons. The molecule has 1 heterocycles. The molecule has 1 rings (SSSR count). The standard InChI is InChI=1S/C12H15NO3S/c1-17-8-6-10(13)12(15)11(14)5-4-9-3-2-7-16-9/h2-5,7,10H,6,8,13H2,1H3/t10-/m0/s1. The third kappa shape index (κ3) is 4.58. The number of carbonyl (C=O) groups is 2. The largest absolute Gasteiger partial charge is 0.465 e. The molecule has 4 nitrogen and oxygen atoms in total. The van der Waals surface area contributed by atoms with Crippen molar-refractivity contribution in [3.05, 3.63) is 30.2 Å². The maximum atomic E-state index is 11.5. The van der Waals surface area contributed by atoms with Crippen molar-refractivity contribution in [2.45, 2.75) is 12.5 Å². The fourth-order valence-electron chi connectivity index (χ4n) is 1.18. The third-order valence-electron chi connectivity index (χ3n) is 2.15. The number of nitrogens with two attached hydrogens (primary N) is 1. The molecular formula is C12H15NO3S. The zero-order chi connectivity index (χ0) is 12.7. The van der Waals surface area contributed by atoms with Crippen LogP contribution in [0.2, 0.25) is 0 Å². The van der Waals surface area contributed by atoms with E-state index in [1.165, 1.54) is 18.4 Å². The van der Waals surface area contributed by atoms with Crippen LogP contribution in [0.25, 0.3) is 6.08 Å². The highest BCUT2D eigenvalue weighted by Gasteiger charge is 2.18. The molecule has 0 aliphatic rings. The van der Waals surface area contributed by atoms with Gasteiger partial charge in [0.25, 0.3) is 0 Å². The minimum Gasteiger partial charge on any atom is -0.465 e. The maximum absolute atomic E-state index is 11.5. The molecule has 1 atom stereocenters. The minimum absolute atomic E-state index is 0.514. The van der Waals surface area contributed by atoms with Gasteiger partial charge in [-0.1, -0.05) is 0 Å². The van der Waals surface area contributed by atoms with E-state index in [2.05, 4.69) is 0 Å². The molecule has 0 saturated carbocycles. The van der Waals surface area contributed by atoms with Gasteiger partial charge in [0.1, 0.15) is 5.76 Å². The lowest BCUT2D eigenvalue weighted by Gasteiger charge is -2.06. The van der Waals surface area contributed by atoms with Gasteiger partial charge >= 0.3 is 0 Å². The fraction of sp³-hybridized carbons (Fsp3) is 0.333. The fourth-order valence-corrected chi connectivity index (χ4v) is 1.67. The number of allylic oxidation sites excluding steroid dienone is 1. The molecule has 2 N–H and O–H groups in total. The highest BCUT2D eigenvalue weighted by molar-refractivity contribution is 7.98. The molecule has 0 aliphatic heterocycles. The molecular weight excluding hydrogens is 238 g/mol. The van der Waals surface area contributed by atoms with Crippen molar-refractivity contribution in [3.63, 3.8) is 0 Å². The van der Waals surface area contributed by atoms with Crippen LogP contribution in [-0.4, -0.2) is 29.6 Å². The van der Waals surface area contributed by atoms with Crippen molar-refractivity contribution >= 4 is 29.4 Å². The Kier molecular flexibility index (Phi) is 5.72. The van der Waals surface area contributed by atoms with E-state index in [1.807, 2.05) is 6.26 Å². The van der Waals surface area contributed by atoms with E-state index in [1.54, 1.807) is 23.9 Å². The Morgan fingerprint density at radius 1 is 1.59 bits per heavy atom. The monoisotopic (exact) mass is 253 g/mol. The van der Waals surface area contributed by atoms with Crippen LogP contribution in [0.3, 0.4) is 0 Å². The van der Waals surface area contributed by atoms with Crippen molar-refractivity contribution in [2.24, 2.45) is 5.73 Å². The highest BCUT2D eigenvalue weighted by atomic mass is 32.2. The SMILES string of the molecule is CSCC[C@H](N)C(=O)C(=O)C=Cc1ccco1. The van der Waals surface area contributed by atoms with Crippen molar-refractivity contribution in [3.8, 4) is 0 Å². The molecule has 17 heavy (non-hydrogen) atoms. The number of carbonyl (C=O) groups excluding carboxylic acids is 2. The van der Waals surface area contributed by atoms with E-state index < -0.39 is 17.6 Å². The van der Waals surface area contributed by atoms with Gasteiger partial charge in [-0.3, -0.25) is 9.59 Å². The summed E-state index contributed by atoms with van der Waals surface area (Å²) in [6, 6.07) is 2.69. The van der Waals surface area contributed by atoms with Crippen molar-refractivity contribution in [1.82, 2.24) is 0 Å². The second kappa shape index (κ2) is 7.09. The predicted molar refractivity (Wildman–Crippen MR) is 68.7 cm³/mol. The third-order valence-corrected chi connectivity index (χ3v) is 2.80. The first-order valence-electron chi connectivity index (χ1n) is 5.19. The molecule has 5 heteroatoms. The van der Waals surface area contributed by atoms with Gasteiger partial charge < -0.3 is 10.2 Å². The Labute approximate surface area is 104 Å². The second-order valence-corrected chi connectivity index (χ2v) is 4.45. The molecule has 1 aromatic heterocycles. The summed E-state index contributed by atoms with van der Waals surface area (Å²) in [6.07, 6.45) is 6.59. The van der Waals surface area contributed by atoms with Crippen LogP contribution >= 0.6 is 11.8 Å². The molecule has 0 unspecified atom stereocenters. The molecule has 92 valence electrons. The molecule has 0 bridgehead atoms. The van der Waals surface area contributed by atoms with E-state index in [0.717, 1.165) is 5.75 Å². The zero-order valence-corrected chi connectivity index (χ0v) is 10.4. The smallest absolute Gasteiger partial charge is 0.223 e. The summed E-state index contributed by atoms with van der Waals surface area (Å²) < 4.78 is 5.00. The van der Waals surface area contributed by atoms with E-state index in [9.17, 15) is 9.59 Å². The van der Waals surface area contributed by atoms with Crippen LogP contribution < -0.4 is 5.73 Å². The van der Waals surface area contributed by atoms with Gasteiger partial charge in [-0.2, -0.15) is 11.8 Å². The molecule has 0 aliphatic carbocycles. The van der Waals surface area contributed by atoms with E-state index in [4.69, 9.17) is 10.2 Å². The molecule has 0 spiro atoms. The number of ketones is 2. The average molecular weight is 253 g/mol. The summed E-state index contributed by atoms with van der Waals surface area (Å²) in [6.45, 7) is 0. The molecule has 0 fully saturated rings. The average Bonchev–Trinajstić information content (AvgIpc) is 2.85. The molecule has 0 saturated heterocycles. The predicted octanol–water partition coefficient (Wildman–Crippen LogP) is 1.51. The molecule has 0 amide bonds. The molecule has 0 aromatic carbocycles. The topological polar surface area (TPSA) is 73.3 Å². The Bertz CT molecular complexity index is 398. The number of Topliss-reactive ketones (excluding diaryl/α,β-unsaturated/α-hetero) is 1. The summed E-state index contributed by atoms with van der Waals surface area (Å²) in [5, 5.41) is 0. The number of thioether (sulfide) groups is 1. The number of hydrogen-bond acceptors (Lipinski definition) is 5. The van der Waals surface area contributed by atoms with Gasteiger partial charge in [0.2, 0.25) is 11.6 Å². The lowest BCUT2D eigenvalue weighted by Crippen LogP contribution is -2.35. The van der Waals surface area contributed by atoms with Gasteiger partial charge in [0.05, 0.1) is 12.3 Å². The van der Waals surface area contributed by atoms with Crippen molar-refractivity contribution < 1.29 is 14.0 Å². The summed E-state index contributed by atoms with van der Waals surface area (Å²) in [5.74, 6) is 0.155. The second-order valence-electron chi connectivity index (χ2n) is 3.47. The Balaban J connectivity index is 2.49. The van der Waals surface area contributed by atoms with Crippen molar-refractivity contribution in [1.29, 1.82) is 0 Å². The quantitative estimate of drug-likeness (QED) is 0.589. The highest BCUT2D eigenvalue weighted by Crippen LogP contribution is 2.04. The van der Waals surface area contributed by atoms with E-state index >= 15 is 0 Å². The first-order valence-corrected chi connectivity index (χ1v) is 6.59. The Morgan fingerprint density at radius 3 is 2.94 bits per heavy atom. The van der Waals surface area contributed by atoms with Crippen LogP contribution in [0.15, 0.2) is 28.9 Å². The van der Waals surface area contributed by atoms with Gasteiger partial charge in [0.15, 0.2) is 0 Å². The van der Waals surface area contributed by atoms with Crippen LogP contribution in [-0.2, 0) is 9.59 Å². The maximum Gasteiger partial charge on any atom is 0.223 e. The summed E-state index contributed by atoms with van der Waals surface area (Å²) >= 11 is 1.59. The summed E-state index contributed by atoms with van der Waals surface area (Å²) in [5.41, 5.74) is 5.61. The van der Waals surface area contributed by atoms with Gasteiger partial charge in [0, 0.05) is 0 Å². The summed E-state index contributed by atoms with van der Waals surface area (Å²) in [4.78, 5) is 23.0. The Hall–Kier alpha value is -1.33. The lowest BCUT2D eigenvalue weighted by molar-refractivity contribution is -0.134. The Morgan fingerprint density at radius 2 is 2.35 bits per heavy atom. The van der Waals surface area contributed by atoms with Crippen LogP contribution in [0.4, 0.5) is 0 Å². The first-order chi connectivity index (χ1) is 8.15. The zero-order valence-electron chi connectivity index (χ0n) is 9.59. The van der Waals surface area contributed by atoms with Crippen LogP contribution in [0, 0.1) is 0 Å². The number of rotatable bonds is 7. The molecule has 1 aromatic rings. The summed E-state index contributed by atoms with van der Waals surface area (Å²) in [7, 11) is 0. The van der Waals surface area contributed by atoms with Crippen LogP contribution in [0.1, 0.15) is 12.2 Å². The van der Waals surface area contributed by atoms with Crippen LogP contribution in [0.5, 0.6) is 0 Å². The van der Waals surface area contributed by atoms with Gasteiger partial charge in [-0.25, -0.2) is 0 Å². The number of hydrogen-bond donors (Lipinski definition) is 1. The van der Waals surface area contributed by atoms with E-state index in [0.29, 0.717) is 12.2 Å². The first kappa shape index (κ1) is 13.7. The lowest BCUT2D eigenvalue weighted by atomic mass is 10.1. The number of furan rings is 1. The normalized spacial score (nSPS) is 12.8. The van der Waals surface area contributed by atoms with Crippen molar-refractivity contribution in [2.75, 3.05) is 12.0 Å².